The average molecular weight is 461 g/mol. The van der Waals surface area contributed by atoms with Gasteiger partial charge in [0.25, 0.3) is 0 Å². The van der Waals surface area contributed by atoms with Gasteiger partial charge in [0, 0.05) is 27.1 Å². The van der Waals surface area contributed by atoms with Crippen molar-refractivity contribution in [2.24, 2.45) is 0 Å². The van der Waals surface area contributed by atoms with Gasteiger partial charge in [-0.3, -0.25) is 19.4 Å². The average Bonchev–Trinajstić information content (AvgIpc) is 2.84. The normalized spacial score (nSPS) is 15.4. The van der Waals surface area contributed by atoms with E-state index in [1.807, 2.05) is 42.5 Å². The van der Waals surface area contributed by atoms with E-state index in [-0.39, 0.29) is 37.2 Å². The van der Waals surface area contributed by atoms with Crippen molar-refractivity contribution in [3.05, 3.63) is 77.9 Å². The molecule has 0 saturated carbocycles. The number of phenols is 1. The molecular weight excluding hydrogens is 432 g/mol. The molecule has 3 aromatic carbocycles. The summed E-state index contributed by atoms with van der Waals surface area (Å²) in [6, 6.07) is 19.8. The molecular formula is C26H28N4O4. The Kier molecular flexibility index (Phi) is 6.79. The van der Waals surface area contributed by atoms with Crippen LogP contribution in [-0.4, -0.2) is 76.5 Å². The molecule has 1 N–H and O–H groups in total. The van der Waals surface area contributed by atoms with Crippen molar-refractivity contribution >= 4 is 29.0 Å². The summed E-state index contributed by atoms with van der Waals surface area (Å²) in [5, 5.41) is 14.7. The van der Waals surface area contributed by atoms with Crippen LogP contribution >= 0.6 is 0 Å². The number of phenolic OH excluding ortho intramolecular Hbond substituents is 1. The van der Waals surface area contributed by atoms with Crippen molar-refractivity contribution < 1.29 is 19.5 Å². The summed E-state index contributed by atoms with van der Waals surface area (Å²) in [6.07, 6.45) is 0.919. The molecule has 1 saturated heterocycles. The number of hydrogen-bond donors (Lipinski definition) is 1. The maximum atomic E-state index is 13.7. The second-order valence-corrected chi connectivity index (χ2v) is 8.58. The van der Waals surface area contributed by atoms with Gasteiger partial charge < -0.3 is 14.9 Å². The maximum Gasteiger partial charge on any atom is 0.245 e. The van der Waals surface area contributed by atoms with Crippen molar-refractivity contribution in [1.82, 2.24) is 19.8 Å². The summed E-state index contributed by atoms with van der Waals surface area (Å²) < 4.78 is 0. The smallest absolute Gasteiger partial charge is 0.245 e. The third kappa shape index (κ3) is 4.87. The van der Waals surface area contributed by atoms with Crippen LogP contribution in [0.15, 0.2) is 66.7 Å². The first-order valence-electron chi connectivity index (χ1n) is 11.1. The molecule has 0 aliphatic carbocycles. The number of likely N-dealkylation sites (N-methyl/N-ethyl adjacent to an activating group) is 2. The Balaban J connectivity index is 1.62. The lowest BCUT2D eigenvalue weighted by Crippen LogP contribution is -2.63. The highest BCUT2D eigenvalue weighted by Gasteiger charge is 2.37. The third-order valence-electron chi connectivity index (χ3n) is 6.23. The number of carbonyl (C=O) groups is 3. The molecule has 1 aliphatic rings. The van der Waals surface area contributed by atoms with Crippen LogP contribution in [0, 0.1) is 0 Å². The quantitative estimate of drug-likeness (QED) is 0.547. The highest BCUT2D eigenvalue weighted by atomic mass is 16.3. The molecule has 0 bridgehead atoms. The minimum Gasteiger partial charge on any atom is -0.508 e. The topological polar surface area (TPSA) is 84.4 Å². The highest BCUT2D eigenvalue weighted by molar-refractivity contribution is 5.90. The lowest BCUT2D eigenvalue weighted by atomic mass is 10.0. The molecule has 1 heterocycles. The number of carbonyl (C=O) groups excluding carboxylic acids is 3. The van der Waals surface area contributed by atoms with Gasteiger partial charge in [0.15, 0.2) is 0 Å². The number of aromatic hydroxyl groups is 1. The molecule has 1 aliphatic heterocycles. The van der Waals surface area contributed by atoms with E-state index in [0.29, 0.717) is 13.0 Å². The number of hydrogen-bond acceptors (Lipinski definition) is 5. The lowest BCUT2D eigenvalue weighted by Gasteiger charge is -2.43. The van der Waals surface area contributed by atoms with E-state index in [1.54, 1.807) is 43.3 Å². The van der Waals surface area contributed by atoms with Crippen LogP contribution in [0.1, 0.15) is 11.1 Å². The van der Waals surface area contributed by atoms with E-state index < -0.39 is 6.04 Å². The number of fused-ring (bicyclic) bond motifs is 1. The first-order chi connectivity index (χ1) is 16.4. The summed E-state index contributed by atoms with van der Waals surface area (Å²) in [7, 11) is 3.39. The first kappa shape index (κ1) is 23.3. The van der Waals surface area contributed by atoms with Gasteiger partial charge in [0.2, 0.25) is 18.2 Å². The van der Waals surface area contributed by atoms with Gasteiger partial charge in [-0.15, -0.1) is 0 Å². The fraction of sp³-hybridized carbons (Fsp3) is 0.269. The molecule has 3 amide bonds. The van der Waals surface area contributed by atoms with Crippen LogP contribution < -0.4 is 0 Å². The van der Waals surface area contributed by atoms with E-state index in [1.165, 1.54) is 14.9 Å². The fourth-order valence-corrected chi connectivity index (χ4v) is 4.31. The first-order valence-corrected chi connectivity index (χ1v) is 11.1. The minimum atomic E-state index is -0.798. The molecule has 0 aromatic heterocycles. The van der Waals surface area contributed by atoms with Crippen molar-refractivity contribution in [2.75, 3.05) is 27.3 Å². The van der Waals surface area contributed by atoms with Crippen molar-refractivity contribution in [2.45, 2.75) is 19.0 Å². The number of hydrazine groups is 1. The Morgan fingerprint density at radius 3 is 2.53 bits per heavy atom. The largest absolute Gasteiger partial charge is 0.508 e. The maximum absolute atomic E-state index is 13.7. The number of nitrogens with zero attached hydrogens (tertiary/aromatic N) is 4. The monoisotopic (exact) mass is 460 g/mol. The van der Waals surface area contributed by atoms with E-state index in [4.69, 9.17) is 0 Å². The SMILES string of the molecule is CN(Cc1cccc2ccccc12)C(=O)C(Cc1ccc(O)cc1)N1CN(C=O)N(C)CC1=O. The van der Waals surface area contributed by atoms with Gasteiger partial charge in [0.1, 0.15) is 18.5 Å². The summed E-state index contributed by atoms with van der Waals surface area (Å²) in [5.74, 6) is -0.316. The molecule has 1 fully saturated rings. The third-order valence-corrected chi connectivity index (χ3v) is 6.23. The zero-order chi connectivity index (χ0) is 24.2. The van der Waals surface area contributed by atoms with Gasteiger partial charge in [-0.2, -0.15) is 0 Å². The summed E-state index contributed by atoms with van der Waals surface area (Å²) in [6.45, 7) is 0.381. The zero-order valence-corrected chi connectivity index (χ0v) is 19.3. The highest BCUT2D eigenvalue weighted by Crippen LogP contribution is 2.22. The van der Waals surface area contributed by atoms with E-state index in [2.05, 4.69) is 0 Å². The number of amides is 3. The second kappa shape index (κ2) is 9.93. The van der Waals surface area contributed by atoms with Gasteiger partial charge >= 0.3 is 0 Å². The molecule has 1 atom stereocenters. The Bertz CT molecular complexity index is 1190. The minimum absolute atomic E-state index is 0.00453. The van der Waals surface area contributed by atoms with Crippen LogP contribution in [0.4, 0.5) is 0 Å². The van der Waals surface area contributed by atoms with Crippen LogP contribution in [0.2, 0.25) is 0 Å². The van der Waals surface area contributed by atoms with Crippen LogP contribution in [0.3, 0.4) is 0 Å². The Hall–Kier alpha value is -3.91. The van der Waals surface area contributed by atoms with E-state index in [0.717, 1.165) is 21.9 Å². The fourth-order valence-electron chi connectivity index (χ4n) is 4.31. The van der Waals surface area contributed by atoms with E-state index >= 15 is 0 Å². The molecule has 0 radical (unpaired) electrons. The van der Waals surface area contributed by atoms with Crippen LogP contribution in [0.25, 0.3) is 10.8 Å². The Labute approximate surface area is 198 Å². The lowest BCUT2D eigenvalue weighted by molar-refractivity contribution is -0.170. The molecule has 176 valence electrons. The van der Waals surface area contributed by atoms with Gasteiger partial charge in [0.05, 0.1) is 6.54 Å². The van der Waals surface area contributed by atoms with E-state index in [9.17, 15) is 19.5 Å². The van der Waals surface area contributed by atoms with Crippen LogP contribution in [-0.2, 0) is 27.3 Å². The summed E-state index contributed by atoms with van der Waals surface area (Å²) >= 11 is 0. The molecule has 8 heteroatoms. The van der Waals surface area contributed by atoms with Gasteiger partial charge in [-0.1, -0.05) is 54.6 Å². The van der Waals surface area contributed by atoms with Crippen molar-refractivity contribution in [1.29, 1.82) is 0 Å². The Morgan fingerprint density at radius 2 is 1.79 bits per heavy atom. The molecule has 1 unspecified atom stereocenters. The Morgan fingerprint density at radius 1 is 1.09 bits per heavy atom. The zero-order valence-electron chi connectivity index (χ0n) is 19.3. The van der Waals surface area contributed by atoms with Crippen molar-refractivity contribution in [3.8, 4) is 5.75 Å². The van der Waals surface area contributed by atoms with Gasteiger partial charge in [-0.25, -0.2) is 5.01 Å². The molecule has 0 spiro atoms. The van der Waals surface area contributed by atoms with Crippen LogP contribution in [0.5, 0.6) is 5.75 Å². The number of rotatable bonds is 7. The predicted octanol–water partition coefficient (Wildman–Crippen LogP) is 2.22. The standard InChI is InChI=1S/C26H28N4O4/c1-27(15-21-8-5-7-20-6-3-4-9-23(20)21)26(34)24(14-19-10-12-22(32)13-11-19)30-17-29(18-31)28(2)16-25(30)33/h3-13,18,24,32H,14-17H2,1-2H3. The van der Waals surface area contributed by atoms with Crippen molar-refractivity contribution in [3.63, 3.8) is 0 Å². The van der Waals surface area contributed by atoms with Gasteiger partial charge in [-0.05, 0) is 34.0 Å². The second-order valence-electron chi connectivity index (χ2n) is 8.58. The summed E-state index contributed by atoms with van der Waals surface area (Å²) in [4.78, 5) is 41.3. The summed E-state index contributed by atoms with van der Waals surface area (Å²) in [5.41, 5.74) is 1.82. The molecule has 8 nitrogen and oxygen atoms in total. The number of benzene rings is 3. The molecule has 3 aromatic rings. The predicted molar refractivity (Wildman–Crippen MR) is 128 cm³/mol. The molecule has 4 rings (SSSR count). The molecule has 34 heavy (non-hydrogen) atoms.